The molecule has 1 saturated heterocycles. The second kappa shape index (κ2) is 4.76. The number of hydrogen-bond acceptors (Lipinski definition) is 5. The highest BCUT2D eigenvalue weighted by atomic mass is 32.3. The predicted molar refractivity (Wildman–Crippen MR) is 66.0 cm³/mol. The molecule has 1 amide bonds. The summed E-state index contributed by atoms with van der Waals surface area (Å²) in [6.45, 7) is 1.74. The van der Waals surface area contributed by atoms with Crippen molar-refractivity contribution in [1.29, 1.82) is 0 Å². The quantitative estimate of drug-likeness (QED) is 0.829. The number of aromatic nitrogens is 1. The molecule has 1 aromatic rings. The maximum absolute atomic E-state index is 12.6. The second-order valence-corrected chi connectivity index (χ2v) is 5.99. The Morgan fingerprint density at radius 1 is 1.53 bits per heavy atom. The lowest BCUT2D eigenvalue weighted by molar-refractivity contribution is -0.117. The fourth-order valence-corrected chi connectivity index (χ4v) is 2.90. The number of anilines is 1. The molecule has 104 valence electrons. The van der Waals surface area contributed by atoms with E-state index in [-0.39, 0.29) is 30.4 Å². The van der Waals surface area contributed by atoms with Gasteiger partial charge in [-0.1, -0.05) is 0 Å². The van der Waals surface area contributed by atoms with Gasteiger partial charge < -0.3 is 5.11 Å². The molecular weight excluding hydrogens is 275 g/mol. The topological polar surface area (TPSA) is 87.6 Å². The van der Waals surface area contributed by atoms with Gasteiger partial charge >= 0.3 is 10.2 Å². The lowest BCUT2D eigenvalue weighted by Crippen LogP contribution is -2.26. The van der Waals surface area contributed by atoms with E-state index in [1.165, 1.54) is 11.0 Å². The largest absolute Gasteiger partial charge is 0.504 e. The van der Waals surface area contributed by atoms with Crippen LogP contribution in [0.15, 0.2) is 12.1 Å². The average Bonchev–Trinajstić information content (AvgIpc) is 2.60. The first-order valence-electron chi connectivity index (χ1n) is 5.65. The van der Waals surface area contributed by atoms with Crippen LogP contribution >= 0.6 is 0 Å². The molecule has 0 aliphatic carbocycles. The van der Waals surface area contributed by atoms with Crippen LogP contribution in [0.4, 0.5) is 9.70 Å². The van der Waals surface area contributed by atoms with E-state index < -0.39 is 21.9 Å². The highest BCUT2D eigenvalue weighted by molar-refractivity contribution is 7.86. The van der Waals surface area contributed by atoms with E-state index in [9.17, 15) is 22.2 Å². The summed E-state index contributed by atoms with van der Waals surface area (Å²) in [4.78, 5) is 17.0. The minimum Gasteiger partial charge on any atom is -0.504 e. The summed E-state index contributed by atoms with van der Waals surface area (Å²) in [6, 6.07) is 2.99. The number of hydrogen-bond donors (Lipinski definition) is 1. The van der Waals surface area contributed by atoms with Crippen molar-refractivity contribution in [2.45, 2.75) is 13.3 Å². The zero-order chi connectivity index (χ0) is 14.2. The van der Waals surface area contributed by atoms with Gasteiger partial charge in [0.15, 0.2) is 11.6 Å². The number of rotatable bonds is 3. The van der Waals surface area contributed by atoms with Crippen LogP contribution in [0, 0.1) is 12.8 Å². The zero-order valence-corrected chi connectivity index (χ0v) is 11.0. The normalized spacial score (nSPS) is 20.0. The monoisotopic (exact) mass is 288 g/mol. The molecule has 1 aliphatic heterocycles. The molecule has 1 fully saturated rings. The first-order chi connectivity index (χ1) is 8.76. The number of carbonyl (C=O) groups excluding carboxylic acids is 1. The van der Waals surface area contributed by atoms with E-state index in [4.69, 9.17) is 0 Å². The SMILES string of the molecule is Cc1ccc(O)c(N2CC(CS(=O)(=O)F)CC2=O)n1. The summed E-state index contributed by atoms with van der Waals surface area (Å²) in [6.07, 6.45) is -0.0712. The van der Waals surface area contributed by atoms with Gasteiger partial charge in [0.05, 0.1) is 5.75 Å². The molecular formula is C11H13FN2O4S. The van der Waals surface area contributed by atoms with Gasteiger partial charge in [-0.2, -0.15) is 8.42 Å². The Morgan fingerprint density at radius 3 is 2.84 bits per heavy atom. The Bertz CT molecular complexity index is 617. The summed E-state index contributed by atoms with van der Waals surface area (Å²) in [5, 5.41) is 9.68. The minimum absolute atomic E-state index is 0.0337. The Kier molecular flexibility index (Phi) is 3.44. The van der Waals surface area contributed by atoms with Crippen LogP contribution in [0.1, 0.15) is 12.1 Å². The van der Waals surface area contributed by atoms with Crippen molar-refractivity contribution in [2.24, 2.45) is 5.92 Å². The Labute approximate surface area is 110 Å². The van der Waals surface area contributed by atoms with Crippen LogP contribution in [0.5, 0.6) is 5.75 Å². The van der Waals surface area contributed by atoms with Gasteiger partial charge in [-0.15, -0.1) is 3.89 Å². The molecule has 1 aliphatic rings. The second-order valence-electron chi connectivity index (χ2n) is 4.58. The third kappa shape index (κ3) is 3.19. The molecule has 6 nitrogen and oxygen atoms in total. The highest BCUT2D eigenvalue weighted by Gasteiger charge is 2.35. The van der Waals surface area contributed by atoms with Gasteiger partial charge in [-0.05, 0) is 19.1 Å². The molecule has 0 spiro atoms. The Morgan fingerprint density at radius 2 is 2.21 bits per heavy atom. The number of halogens is 1. The fraction of sp³-hybridized carbons (Fsp3) is 0.455. The summed E-state index contributed by atoms with van der Waals surface area (Å²) in [5.74, 6) is -1.76. The van der Waals surface area contributed by atoms with Crippen molar-refractivity contribution in [2.75, 3.05) is 17.2 Å². The molecule has 1 N–H and O–H groups in total. The number of aromatic hydroxyl groups is 1. The van der Waals surface area contributed by atoms with E-state index in [1.54, 1.807) is 13.0 Å². The number of pyridine rings is 1. The zero-order valence-electron chi connectivity index (χ0n) is 10.2. The van der Waals surface area contributed by atoms with Gasteiger partial charge in [0.1, 0.15) is 0 Å². The summed E-state index contributed by atoms with van der Waals surface area (Å²) in [7, 11) is -4.62. The Balaban J connectivity index is 2.23. The Hall–Kier alpha value is -1.70. The molecule has 0 bridgehead atoms. The summed E-state index contributed by atoms with van der Waals surface area (Å²) < 4.78 is 33.8. The van der Waals surface area contributed by atoms with Gasteiger partial charge in [-0.25, -0.2) is 4.98 Å². The number of nitrogens with zero attached hydrogens (tertiary/aromatic N) is 2. The molecule has 8 heteroatoms. The number of aryl methyl sites for hydroxylation is 1. The van der Waals surface area contributed by atoms with Gasteiger partial charge in [0.25, 0.3) is 0 Å². The fourth-order valence-electron chi connectivity index (χ4n) is 2.11. The molecule has 1 atom stereocenters. The van der Waals surface area contributed by atoms with Crippen LogP contribution < -0.4 is 4.90 Å². The van der Waals surface area contributed by atoms with Crippen molar-refractivity contribution < 1.29 is 22.2 Å². The van der Waals surface area contributed by atoms with Gasteiger partial charge in [-0.3, -0.25) is 9.69 Å². The average molecular weight is 288 g/mol. The van der Waals surface area contributed by atoms with Crippen molar-refractivity contribution in [3.05, 3.63) is 17.8 Å². The summed E-state index contributed by atoms with van der Waals surface area (Å²) >= 11 is 0. The van der Waals surface area contributed by atoms with Gasteiger partial charge in [0, 0.05) is 24.6 Å². The van der Waals surface area contributed by atoms with E-state index in [2.05, 4.69) is 4.98 Å². The maximum Gasteiger partial charge on any atom is 0.302 e. The van der Waals surface area contributed by atoms with E-state index in [0.29, 0.717) is 5.69 Å². The van der Waals surface area contributed by atoms with Crippen LogP contribution in [0.2, 0.25) is 0 Å². The first kappa shape index (κ1) is 13.7. The van der Waals surface area contributed by atoms with Crippen LogP contribution in [0.25, 0.3) is 0 Å². The van der Waals surface area contributed by atoms with Crippen molar-refractivity contribution in [3.8, 4) is 5.75 Å². The lowest BCUT2D eigenvalue weighted by Gasteiger charge is -2.16. The lowest BCUT2D eigenvalue weighted by atomic mass is 10.1. The van der Waals surface area contributed by atoms with Crippen LogP contribution in [0.3, 0.4) is 0 Å². The molecule has 0 aromatic carbocycles. The van der Waals surface area contributed by atoms with Crippen molar-refractivity contribution in [1.82, 2.24) is 4.98 Å². The highest BCUT2D eigenvalue weighted by Crippen LogP contribution is 2.31. The molecule has 0 saturated carbocycles. The van der Waals surface area contributed by atoms with E-state index in [0.717, 1.165) is 0 Å². The summed E-state index contributed by atoms with van der Waals surface area (Å²) in [5.41, 5.74) is 0.613. The molecule has 2 heterocycles. The van der Waals surface area contributed by atoms with Gasteiger partial charge in [0.2, 0.25) is 5.91 Å². The molecule has 2 rings (SSSR count). The third-order valence-electron chi connectivity index (χ3n) is 2.89. The maximum atomic E-state index is 12.6. The van der Waals surface area contributed by atoms with E-state index in [1.807, 2.05) is 0 Å². The molecule has 0 radical (unpaired) electrons. The van der Waals surface area contributed by atoms with Crippen LogP contribution in [-0.2, 0) is 15.0 Å². The molecule has 1 aromatic heterocycles. The predicted octanol–water partition coefficient (Wildman–Crippen LogP) is 0.748. The molecule has 19 heavy (non-hydrogen) atoms. The van der Waals surface area contributed by atoms with E-state index >= 15 is 0 Å². The molecule has 1 unspecified atom stereocenters. The standard InChI is InChI=1S/C11H13FN2O4S/c1-7-2-3-9(15)11(13-7)14-5-8(4-10(14)16)6-19(12,17)18/h2-3,8,15H,4-6H2,1H3. The smallest absolute Gasteiger partial charge is 0.302 e. The number of amides is 1. The minimum atomic E-state index is -4.62. The third-order valence-corrected chi connectivity index (χ3v) is 3.76. The first-order valence-corrected chi connectivity index (χ1v) is 7.21. The van der Waals surface area contributed by atoms with Crippen LogP contribution in [-0.4, -0.2) is 36.7 Å². The van der Waals surface area contributed by atoms with Crippen molar-refractivity contribution in [3.63, 3.8) is 0 Å². The van der Waals surface area contributed by atoms with Crippen molar-refractivity contribution >= 4 is 21.9 Å². The number of carbonyl (C=O) groups is 1.